The van der Waals surface area contributed by atoms with Gasteiger partial charge in [0.1, 0.15) is 0 Å². The molecule has 0 radical (unpaired) electrons. The number of likely N-dealkylation sites (tertiary alicyclic amines) is 1. The van der Waals surface area contributed by atoms with Crippen LogP contribution in [0.25, 0.3) is 0 Å². The van der Waals surface area contributed by atoms with E-state index in [0.717, 1.165) is 38.8 Å². The predicted octanol–water partition coefficient (Wildman–Crippen LogP) is 1.45. The first-order valence-electron chi connectivity index (χ1n) is 7.23. The van der Waals surface area contributed by atoms with Gasteiger partial charge in [0, 0.05) is 32.2 Å². The van der Waals surface area contributed by atoms with Gasteiger partial charge in [0.05, 0.1) is 6.04 Å². The van der Waals surface area contributed by atoms with Crippen molar-refractivity contribution in [1.29, 1.82) is 0 Å². The second-order valence-electron chi connectivity index (χ2n) is 5.71. The van der Waals surface area contributed by atoms with E-state index < -0.39 is 0 Å². The molecule has 2 N–H and O–H groups in total. The zero-order valence-electron chi connectivity index (χ0n) is 12.4. The Balaban J connectivity index is 2.44. The summed E-state index contributed by atoms with van der Waals surface area (Å²) in [5.41, 5.74) is 5.91. The number of carbonyl (C=O) groups excluding carboxylic acids is 1. The molecule has 1 heterocycles. The Bertz CT molecular complexity index is 260. The van der Waals surface area contributed by atoms with Gasteiger partial charge in [-0.15, -0.1) is 0 Å². The Kier molecular flexibility index (Phi) is 6.09. The lowest BCUT2D eigenvalue weighted by Crippen LogP contribution is -2.51. The first-order valence-corrected chi connectivity index (χ1v) is 7.23. The molecule has 4 nitrogen and oxygen atoms in total. The minimum Gasteiger partial charge on any atom is -0.341 e. The third kappa shape index (κ3) is 3.95. The van der Waals surface area contributed by atoms with Gasteiger partial charge in [0.2, 0.25) is 5.91 Å². The first kappa shape index (κ1) is 15.4. The van der Waals surface area contributed by atoms with Crippen LogP contribution in [0.15, 0.2) is 0 Å². The Morgan fingerprint density at radius 3 is 2.39 bits per heavy atom. The number of hydrogen-bond acceptors (Lipinski definition) is 3. The molecule has 1 amide bonds. The van der Waals surface area contributed by atoms with Crippen LogP contribution in [0.2, 0.25) is 0 Å². The fourth-order valence-corrected chi connectivity index (χ4v) is 2.67. The van der Waals surface area contributed by atoms with E-state index in [4.69, 9.17) is 5.73 Å². The van der Waals surface area contributed by atoms with Crippen molar-refractivity contribution in [2.45, 2.75) is 64.6 Å². The standard InChI is InChI=1S/C14H29N3O/c1-5-6-13(15)14(18)16(4)12-7-9-17(10-8-12)11(2)3/h11-13H,5-10,15H2,1-4H3/t13-/m0/s1. The average Bonchev–Trinajstić information content (AvgIpc) is 2.37. The highest BCUT2D eigenvalue weighted by Crippen LogP contribution is 2.18. The number of nitrogens with two attached hydrogens (primary N) is 1. The summed E-state index contributed by atoms with van der Waals surface area (Å²) in [6.45, 7) is 8.69. The Morgan fingerprint density at radius 1 is 1.39 bits per heavy atom. The fourth-order valence-electron chi connectivity index (χ4n) is 2.67. The van der Waals surface area contributed by atoms with Crippen LogP contribution >= 0.6 is 0 Å². The smallest absolute Gasteiger partial charge is 0.239 e. The lowest BCUT2D eigenvalue weighted by Gasteiger charge is -2.39. The van der Waals surface area contributed by atoms with Gasteiger partial charge < -0.3 is 15.5 Å². The summed E-state index contributed by atoms with van der Waals surface area (Å²) in [7, 11) is 1.91. The highest BCUT2D eigenvalue weighted by molar-refractivity contribution is 5.81. The fraction of sp³-hybridized carbons (Fsp3) is 0.929. The summed E-state index contributed by atoms with van der Waals surface area (Å²) in [5, 5.41) is 0. The van der Waals surface area contributed by atoms with E-state index in [0.29, 0.717) is 12.1 Å². The maximum Gasteiger partial charge on any atom is 0.239 e. The summed E-state index contributed by atoms with van der Waals surface area (Å²) >= 11 is 0. The highest BCUT2D eigenvalue weighted by atomic mass is 16.2. The molecular formula is C14H29N3O. The molecule has 0 aromatic rings. The van der Waals surface area contributed by atoms with Crippen LogP contribution < -0.4 is 5.73 Å². The normalized spacial score (nSPS) is 20.1. The van der Waals surface area contributed by atoms with Gasteiger partial charge in [0.25, 0.3) is 0 Å². The molecule has 1 fully saturated rings. The van der Waals surface area contributed by atoms with Crippen molar-refractivity contribution >= 4 is 5.91 Å². The van der Waals surface area contributed by atoms with Crippen molar-refractivity contribution in [1.82, 2.24) is 9.80 Å². The number of likely N-dealkylation sites (N-methyl/N-ethyl adjacent to an activating group) is 1. The molecule has 0 aromatic carbocycles. The second-order valence-corrected chi connectivity index (χ2v) is 5.71. The van der Waals surface area contributed by atoms with Crippen LogP contribution in [0, 0.1) is 0 Å². The zero-order chi connectivity index (χ0) is 13.7. The number of rotatable bonds is 5. The summed E-state index contributed by atoms with van der Waals surface area (Å²) in [6, 6.07) is 0.660. The van der Waals surface area contributed by atoms with E-state index in [1.54, 1.807) is 0 Å². The molecule has 4 heteroatoms. The number of piperidine rings is 1. The van der Waals surface area contributed by atoms with Crippen LogP contribution in [0.4, 0.5) is 0 Å². The molecule has 1 aliphatic heterocycles. The van der Waals surface area contributed by atoms with Gasteiger partial charge in [-0.3, -0.25) is 4.79 Å². The van der Waals surface area contributed by atoms with E-state index in [-0.39, 0.29) is 11.9 Å². The van der Waals surface area contributed by atoms with Crippen molar-refractivity contribution in [3.8, 4) is 0 Å². The van der Waals surface area contributed by atoms with Crippen LogP contribution in [-0.4, -0.2) is 54.0 Å². The molecule has 0 spiro atoms. The van der Waals surface area contributed by atoms with E-state index >= 15 is 0 Å². The molecule has 1 rings (SSSR count). The highest BCUT2D eigenvalue weighted by Gasteiger charge is 2.28. The molecule has 0 aromatic heterocycles. The molecule has 1 aliphatic rings. The van der Waals surface area contributed by atoms with Crippen LogP contribution in [0.1, 0.15) is 46.5 Å². The van der Waals surface area contributed by atoms with E-state index in [9.17, 15) is 4.79 Å². The van der Waals surface area contributed by atoms with Crippen LogP contribution in [-0.2, 0) is 4.79 Å². The molecule has 1 atom stereocenters. The van der Waals surface area contributed by atoms with E-state index in [1.165, 1.54) is 0 Å². The van der Waals surface area contributed by atoms with E-state index in [2.05, 4.69) is 25.7 Å². The van der Waals surface area contributed by atoms with Crippen molar-refractivity contribution in [2.24, 2.45) is 5.73 Å². The lowest BCUT2D eigenvalue weighted by molar-refractivity contribution is -0.134. The van der Waals surface area contributed by atoms with Crippen LogP contribution in [0.3, 0.4) is 0 Å². The van der Waals surface area contributed by atoms with Crippen molar-refractivity contribution in [3.05, 3.63) is 0 Å². The minimum atomic E-state index is -0.317. The van der Waals surface area contributed by atoms with Crippen molar-refractivity contribution in [3.63, 3.8) is 0 Å². The third-order valence-electron chi connectivity index (χ3n) is 4.04. The third-order valence-corrected chi connectivity index (χ3v) is 4.04. The number of hydrogen-bond donors (Lipinski definition) is 1. The maximum atomic E-state index is 12.1. The topological polar surface area (TPSA) is 49.6 Å². The molecule has 1 saturated heterocycles. The van der Waals surface area contributed by atoms with Crippen molar-refractivity contribution < 1.29 is 4.79 Å². The van der Waals surface area contributed by atoms with Gasteiger partial charge in [-0.25, -0.2) is 0 Å². The quantitative estimate of drug-likeness (QED) is 0.809. The molecule has 0 unspecified atom stereocenters. The molecule has 0 aliphatic carbocycles. The molecule has 18 heavy (non-hydrogen) atoms. The molecule has 106 valence electrons. The average molecular weight is 255 g/mol. The van der Waals surface area contributed by atoms with Gasteiger partial charge in [-0.05, 0) is 33.1 Å². The van der Waals surface area contributed by atoms with E-state index in [1.807, 2.05) is 11.9 Å². The summed E-state index contributed by atoms with van der Waals surface area (Å²) in [6.07, 6.45) is 3.89. The number of amides is 1. The van der Waals surface area contributed by atoms with Gasteiger partial charge >= 0.3 is 0 Å². The van der Waals surface area contributed by atoms with Gasteiger partial charge in [0.15, 0.2) is 0 Å². The van der Waals surface area contributed by atoms with Crippen LogP contribution in [0.5, 0.6) is 0 Å². The summed E-state index contributed by atoms with van der Waals surface area (Å²) < 4.78 is 0. The monoisotopic (exact) mass is 255 g/mol. The zero-order valence-corrected chi connectivity index (χ0v) is 12.4. The Morgan fingerprint density at radius 2 is 1.94 bits per heavy atom. The summed E-state index contributed by atoms with van der Waals surface area (Å²) in [5.74, 6) is 0.111. The van der Waals surface area contributed by atoms with Crippen molar-refractivity contribution in [2.75, 3.05) is 20.1 Å². The molecule has 0 saturated carbocycles. The number of nitrogens with zero attached hydrogens (tertiary/aromatic N) is 2. The second kappa shape index (κ2) is 7.10. The number of carbonyl (C=O) groups is 1. The minimum absolute atomic E-state index is 0.111. The molecule has 0 bridgehead atoms. The predicted molar refractivity (Wildman–Crippen MR) is 75.4 cm³/mol. The summed E-state index contributed by atoms with van der Waals surface area (Å²) in [4.78, 5) is 16.5. The largest absolute Gasteiger partial charge is 0.341 e. The van der Waals surface area contributed by atoms with Gasteiger partial charge in [-0.1, -0.05) is 13.3 Å². The Hall–Kier alpha value is -0.610. The SMILES string of the molecule is CCC[C@H](N)C(=O)N(C)C1CCN(C(C)C)CC1. The van der Waals surface area contributed by atoms with Gasteiger partial charge in [-0.2, -0.15) is 0 Å². The lowest BCUT2D eigenvalue weighted by atomic mass is 10.0. The Labute approximate surface area is 111 Å². The molecular weight excluding hydrogens is 226 g/mol. The maximum absolute atomic E-state index is 12.1. The first-order chi connectivity index (χ1) is 8.47.